The highest BCUT2D eigenvalue weighted by Gasteiger charge is 2.49. The smallest absolute Gasteiger partial charge is 0.323 e. The van der Waals surface area contributed by atoms with E-state index in [0.717, 1.165) is 44.7 Å². The van der Waals surface area contributed by atoms with E-state index < -0.39 is 5.66 Å². The van der Waals surface area contributed by atoms with Gasteiger partial charge in [0, 0.05) is 43.3 Å². The van der Waals surface area contributed by atoms with Gasteiger partial charge in [0.1, 0.15) is 5.76 Å². The fourth-order valence-electron chi connectivity index (χ4n) is 4.01. The summed E-state index contributed by atoms with van der Waals surface area (Å²) in [5.41, 5.74) is 6.81. The van der Waals surface area contributed by atoms with E-state index in [9.17, 15) is 4.79 Å². The zero-order valence-electron chi connectivity index (χ0n) is 17.2. The molecule has 1 atom stereocenters. The van der Waals surface area contributed by atoms with Crippen LogP contribution >= 0.6 is 11.6 Å². The summed E-state index contributed by atoms with van der Waals surface area (Å²) >= 11 is 5.98. The molecule has 1 unspecified atom stereocenters. The van der Waals surface area contributed by atoms with Crippen LogP contribution in [0.25, 0.3) is 11.3 Å². The first-order valence-corrected chi connectivity index (χ1v) is 10.6. The van der Waals surface area contributed by atoms with Crippen molar-refractivity contribution in [3.63, 3.8) is 0 Å². The molecule has 0 radical (unpaired) electrons. The molecule has 2 fully saturated rings. The predicted octanol–water partition coefficient (Wildman–Crippen LogP) is 2.89. The third-order valence-electron chi connectivity index (χ3n) is 5.95. The molecule has 8 heteroatoms. The molecule has 160 valence electrons. The molecule has 2 amide bonds. The largest absolute Gasteiger partial charge is 0.457 e. The zero-order chi connectivity index (χ0) is 21.3. The van der Waals surface area contributed by atoms with Crippen molar-refractivity contribution < 1.29 is 9.21 Å². The minimum atomic E-state index is -1.22. The van der Waals surface area contributed by atoms with Gasteiger partial charge in [-0.2, -0.15) is 0 Å². The average molecular weight is 430 g/mol. The maximum absolute atomic E-state index is 12.6. The minimum Gasteiger partial charge on any atom is -0.457 e. The Morgan fingerprint density at radius 1 is 1.13 bits per heavy atom. The van der Waals surface area contributed by atoms with Crippen molar-refractivity contribution in [1.29, 1.82) is 0 Å². The molecule has 2 aliphatic rings. The molecule has 30 heavy (non-hydrogen) atoms. The number of carbonyl (C=O) groups is 1. The van der Waals surface area contributed by atoms with Crippen LogP contribution in [0.15, 0.2) is 53.1 Å². The number of hydrogen-bond donors (Lipinski definition) is 2. The van der Waals surface area contributed by atoms with Crippen LogP contribution in [0.1, 0.15) is 12.2 Å². The Morgan fingerprint density at radius 3 is 2.53 bits per heavy atom. The average Bonchev–Trinajstić information content (AvgIpc) is 3.30. The van der Waals surface area contributed by atoms with E-state index in [4.69, 9.17) is 21.8 Å². The van der Waals surface area contributed by atoms with Gasteiger partial charge in [0.2, 0.25) is 0 Å². The van der Waals surface area contributed by atoms with Gasteiger partial charge < -0.3 is 19.5 Å². The Bertz CT molecular complexity index is 920. The number of nitrogens with two attached hydrogens (primary N) is 1. The molecule has 3 heterocycles. The van der Waals surface area contributed by atoms with Crippen molar-refractivity contribution in [3.05, 3.63) is 59.5 Å². The first-order valence-electron chi connectivity index (χ1n) is 10.2. The third kappa shape index (κ3) is 3.98. The molecule has 2 aliphatic heterocycles. The number of urea groups is 1. The maximum atomic E-state index is 12.6. The number of hydrogen-bond acceptors (Lipinski definition) is 5. The lowest BCUT2D eigenvalue weighted by atomic mass is 10.0. The van der Waals surface area contributed by atoms with Gasteiger partial charge in [0.05, 0.1) is 5.70 Å². The Hall–Kier alpha value is -2.32. The molecular formula is C22H28ClN5O2. The SMILES string of the molecule is C=C1NC(=O)N(CCCN2CCN(C)CC2)C1(N)c1ccc(-c2ccc(Cl)cc2)o1. The van der Waals surface area contributed by atoms with Crippen molar-refractivity contribution in [3.8, 4) is 11.3 Å². The molecule has 1 aromatic carbocycles. The molecule has 0 bridgehead atoms. The normalized spacial score (nSPS) is 23.2. The van der Waals surface area contributed by atoms with Crippen molar-refractivity contribution in [2.75, 3.05) is 46.3 Å². The lowest BCUT2D eigenvalue weighted by molar-refractivity contribution is 0.128. The predicted molar refractivity (Wildman–Crippen MR) is 118 cm³/mol. The molecule has 1 aromatic heterocycles. The number of amides is 2. The molecule has 0 aliphatic carbocycles. The summed E-state index contributed by atoms with van der Waals surface area (Å²) in [6, 6.07) is 10.8. The van der Waals surface area contributed by atoms with Crippen molar-refractivity contribution in [1.82, 2.24) is 20.0 Å². The van der Waals surface area contributed by atoms with Gasteiger partial charge in [-0.15, -0.1) is 0 Å². The number of rotatable bonds is 6. The molecule has 2 saturated heterocycles. The quantitative estimate of drug-likeness (QED) is 0.738. The Kier molecular flexibility index (Phi) is 5.88. The van der Waals surface area contributed by atoms with E-state index in [2.05, 4.69) is 28.7 Å². The number of nitrogens with zero attached hydrogens (tertiary/aromatic N) is 3. The van der Waals surface area contributed by atoms with Crippen molar-refractivity contribution in [2.24, 2.45) is 5.73 Å². The van der Waals surface area contributed by atoms with Crippen LogP contribution in [0.3, 0.4) is 0 Å². The van der Waals surface area contributed by atoms with Gasteiger partial charge in [0.15, 0.2) is 11.4 Å². The lowest BCUT2D eigenvalue weighted by Crippen LogP contribution is -2.52. The van der Waals surface area contributed by atoms with Gasteiger partial charge >= 0.3 is 6.03 Å². The maximum Gasteiger partial charge on any atom is 0.323 e. The molecule has 7 nitrogen and oxygen atoms in total. The van der Waals surface area contributed by atoms with Crippen LogP contribution < -0.4 is 11.1 Å². The summed E-state index contributed by atoms with van der Waals surface area (Å²) in [5.74, 6) is 1.14. The number of nitrogens with one attached hydrogen (secondary N) is 1. The van der Waals surface area contributed by atoms with Crippen LogP contribution in [0, 0.1) is 0 Å². The number of piperazine rings is 1. The number of furan rings is 1. The highest BCUT2D eigenvalue weighted by atomic mass is 35.5. The summed E-state index contributed by atoms with van der Waals surface area (Å²) < 4.78 is 6.07. The van der Waals surface area contributed by atoms with Crippen LogP contribution in [-0.2, 0) is 5.66 Å². The second-order valence-corrected chi connectivity index (χ2v) is 8.43. The van der Waals surface area contributed by atoms with E-state index in [1.165, 1.54) is 0 Å². The summed E-state index contributed by atoms with van der Waals surface area (Å²) in [5, 5.41) is 3.44. The summed E-state index contributed by atoms with van der Waals surface area (Å²) in [7, 11) is 2.14. The number of likely N-dealkylation sites (N-methyl/N-ethyl adjacent to an activating group) is 1. The molecule has 0 spiro atoms. The summed E-state index contributed by atoms with van der Waals surface area (Å²) in [6.45, 7) is 9.67. The van der Waals surface area contributed by atoms with Gasteiger partial charge in [-0.25, -0.2) is 4.79 Å². The van der Waals surface area contributed by atoms with E-state index in [0.29, 0.717) is 28.8 Å². The minimum absolute atomic E-state index is 0.245. The van der Waals surface area contributed by atoms with Gasteiger partial charge in [0.25, 0.3) is 0 Å². The molecule has 3 N–H and O–H groups in total. The lowest BCUT2D eigenvalue weighted by Gasteiger charge is -2.34. The fraction of sp³-hybridized carbons (Fsp3) is 0.409. The summed E-state index contributed by atoms with van der Waals surface area (Å²) in [6.07, 6.45) is 0.827. The highest BCUT2D eigenvalue weighted by molar-refractivity contribution is 6.30. The summed E-state index contributed by atoms with van der Waals surface area (Å²) in [4.78, 5) is 19.0. The first-order chi connectivity index (χ1) is 14.4. The second-order valence-electron chi connectivity index (χ2n) is 8.00. The standard InChI is InChI=1S/C22H28ClN5O2/c1-16-22(24,20-9-8-19(30-20)17-4-6-18(23)7-5-17)28(21(29)25-16)11-3-10-27-14-12-26(2)13-15-27/h4-9H,1,3,10-15,24H2,2H3,(H,25,29). The van der Waals surface area contributed by atoms with Crippen molar-refractivity contribution >= 4 is 17.6 Å². The fourth-order valence-corrected chi connectivity index (χ4v) is 4.14. The van der Waals surface area contributed by atoms with E-state index >= 15 is 0 Å². The van der Waals surface area contributed by atoms with Gasteiger partial charge in [-0.1, -0.05) is 18.2 Å². The van der Waals surface area contributed by atoms with E-state index in [1.807, 2.05) is 36.4 Å². The number of benzene rings is 1. The number of halogens is 1. The zero-order valence-corrected chi connectivity index (χ0v) is 18.0. The topological polar surface area (TPSA) is 78.0 Å². The third-order valence-corrected chi connectivity index (χ3v) is 6.20. The second kappa shape index (κ2) is 8.43. The van der Waals surface area contributed by atoms with Crippen molar-refractivity contribution in [2.45, 2.75) is 12.1 Å². The van der Waals surface area contributed by atoms with Crippen LogP contribution in [0.2, 0.25) is 5.02 Å². The van der Waals surface area contributed by atoms with Crippen LogP contribution in [0.5, 0.6) is 0 Å². The molecular weight excluding hydrogens is 402 g/mol. The Balaban J connectivity index is 1.48. The van der Waals surface area contributed by atoms with E-state index in [1.54, 1.807) is 4.90 Å². The number of carbonyl (C=O) groups excluding carboxylic acids is 1. The van der Waals surface area contributed by atoms with E-state index in [-0.39, 0.29) is 6.03 Å². The Labute approximate surface area is 182 Å². The van der Waals surface area contributed by atoms with Gasteiger partial charge in [-0.05, 0) is 56.4 Å². The monoisotopic (exact) mass is 429 g/mol. The molecule has 0 saturated carbocycles. The first kappa shape index (κ1) is 20.9. The van der Waals surface area contributed by atoms with Crippen LogP contribution in [-0.4, -0.2) is 67.0 Å². The van der Waals surface area contributed by atoms with Gasteiger partial charge in [-0.3, -0.25) is 10.6 Å². The Morgan fingerprint density at radius 2 is 1.83 bits per heavy atom. The molecule has 4 rings (SSSR count). The van der Waals surface area contributed by atoms with Crippen LogP contribution in [0.4, 0.5) is 4.79 Å². The molecule has 2 aromatic rings. The highest BCUT2D eigenvalue weighted by Crippen LogP contribution is 2.37.